The molecular formula is C15H16F3N3O. The molecule has 2 aromatic rings. The molecule has 1 aromatic heterocycles. The number of alkyl halides is 3. The fraction of sp³-hybridized carbons (Fsp3) is 0.467. The van der Waals surface area contributed by atoms with Gasteiger partial charge in [0.2, 0.25) is 0 Å². The predicted molar refractivity (Wildman–Crippen MR) is 76.7 cm³/mol. The smallest absolute Gasteiger partial charge is 0.297 e. The number of fused-ring (bicyclic) bond motifs is 1. The molecule has 1 aliphatic rings. The summed E-state index contributed by atoms with van der Waals surface area (Å²) in [4.78, 5) is 18.8. The number of para-hydroxylation sites is 1. The van der Waals surface area contributed by atoms with Crippen LogP contribution in [0.2, 0.25) is 0 Å². The molecule has 118 valence electrons. The van der Waals surface area contributed by atoms with Gasteiger partial charge in [-0.1, -0.05) is 12.1 Å². The topological polar surface area (TPSA) is 38.1 Å². The van der Waals surface area contributed by atoms with Crippen LogP contribution in [-0.4, -0.2) is 34.2 Å². The van der Waals surface area contributed by atoms with Crippen molar-refractivity contribution in [3.8, 4) is 0 Å². The Kier molecular flexibility index (Phi) is 3.68. The summed E-state index contributed by atoms with van der Waals surface area (Å²) < 4.78 is 39.4. The van der Waals surface area contributed by atoms with Crippen LogP contribution in [0, 0.1) is 0 Å². The molecule has 1 unspecified atom stereocenters. The second kappa shape index (κ2) is 5.39. The Labute approximate surface area is 125 Å². The van der Waals surface area contributed by atoms with Gasteiger partial charge in [0.05, 0.1) is 16.9 Å². The van der Waals surface area contributed by atoms with Crippen LogP contribution in [0.4, 0.5) is 13.2 Å². The van der Waals surface area contributed by atoms with E-state index in [4.69, 9.17) is 0 Å². The maximum atomic E-state index is 12.9. The minimum atomic E-state index is -4.46. The SMILES string of the molecule is CN1CCCC1c1nc2ccccc2c(=O)n1CC(F)(F)F. The van der Waals surface area contributed by atoms with Gasteiger partial charge in [0.1, 0.15) is 12.4 Å². The number of aromatic nitrogens is 2. The molecule has 0 radical (unpaired) electrons. The fourth-order valence-electron chi connectivity index (χ4n) is 3.01. The van der Waals surface area contributed by atoms with Crippen molar-refractivity contribution >= 4 is 10.9 Å². The molecule has 4 nitrogen and oxygen atoms in total. The molecule has 22 heavy (non-hydrogen) atoms. The predicted octanol–water partition coefficient (Wildman–Crippen LogP) is 2.73. The van der Waals surface area contributed by atoms with Crippen LogP contribution < -0.4 is 5.56 Å². The maximum absolute atomic E-state index is 12.9. The van der Waals surface area contributed by atoms with Crippen LogP contribution in [0.3, 0.4) is 0 Å². The molecule has 0 N–H and O–H groups in total. The second-order valence-corrected chi connectivity index (χ2v) is 5.63. The molecule has 0 amide bonds. The summed E-state index contributed by atoms with van der Waals surface area (Å²) in [6.45, 7) is -0.511. The van der Waals surface area contributed by atoms with Crippen molar-refractivity contribution in [2.24, 2.45) is 0 Å². The number of benzene rings is 1. The molecule has 2 heterocycles. The number of nitrogens with zero attached hydrogens (tertiary/aromatic N) is 3. The van der Waals surface area contributed by atoms with Crippen molar-refractivity contribution in [1.82, 2.24) is 14.5 Å². The quantitative estimate of drug-likeness (QED) is 0.856. The van der Waals surface area contributed by atoms with Crippen molar-refractivity contribution in [3.63, 3.8) is 0 Å². The van der Waals surface area contributed by atoms with Crippen molar-refractivity contribution in [1.29, 1.82) is 0 Å². The summed E-state index contributed by atoms with van der Waals surface area (Å²) in [5.41, 5.74) is -0.181. The first-order valence-electron chi connectivity index (χ1n) is 7.13. The van der Waals surface area contributed by atoms with E-state index >= 15 is 0 Å². The third kappa shape index (κ3) is 2.72. The van der Waals surface area contributed by atoms with E-state index in [2.05, 4.69) is 4.98 Å². The Morgan fingerprint density at radius 3 is 2.68 bits per heavy atom. The van der Waals surface area contributed by atoms with E-state index in [-0.39, 0.29) is 17.3 Å². The molecule has 7 heteroatoms. The standard InChI is InChI=1S/C15H16F3N3O/c1-20-8-4-7-12(20)13-19-11-6-3-2-5-10(11)14(22)21(13)9-15(16,17)18/h2-3,5-6,12H,4,7-9H2,1H3. The van der Waals surface area contributed by atoms with E-state index in [0.717, 1.165) is 17.5 Å². The summed E-state index contributed by atoms with van der Waals surface area (Å²) in [5.74, 6) is 0.209. The Hall–Kier alpha value is -1.89. The molecule has 0 spiro atoms. The Balaban J connectivity index is 2.23. The summed E-state index contributed by atoms with van der Waals surface area (Å²) in [5, 5.41) is 0.219. The van der Waals surface area contributed by atoms with Gasteiger partial charge in [-0.3, -0.25) is 14.3 Å². The first-order chi connectivity index (χ1) is 10.4. The van der Waals surface area contributed by atoms with Gasteiger partial charge in [-0.05, 0) is 38.6 Å². The lowest BCUT2D eigenvalue weighted by Crippen LogP contribution is -2.34. The zero-order chi connectivity index (χ0) is 15.9. The second-order valence-electron chi connectivity index (χ2n) is 5.63. The molecule has 0 aliphatic carbocycles. The summed E-state index contributed by atoms with van der Waals surface area (Å²) >= 11 is 0. The van der Waals surface area contributed by atoms with Gasteiger partial charge in [0, 0.05) is 0 Å². The highest BCUT2D eigenvalue weighted by Crippen LogP contribution is 2.30. The maximum Gasteiger partial charge on any atom is 0.406 e. The van der Waals surface area contributed by atoms with Gasteiger partial charge in [0.25, 0.3) is 5.56 Å². The monoisotopic (exact) mass is 311 g/mol. The lowest BCUT2D eigenvalue weighted by molar-refractivity contribution is -0.142. The summed E-state index contributed by atoms with van der Waals surface area (Å²) in [6.07, 6.45) is -2.87. The minimum Gasteiger partial charge on any atom is -0.297 e. The van der Waals surface area contributed by atoms with E-state index in [1.807, 2.05) is 11.9 Å². The third-order valence-corrected chi connectivity index (χ3v) is 4.05. The van der Waals surface area contributed by atoms with Gasteiger partial charge in [0.15, 0.2) is 0 Å². The van der Waals surface area contributed by atoms with E-state index in [1.165, 1.54) is 6.07 Å². The summed E-state index contributed by atoms with van der Waals surface area (Å²) in [6, 6.07) is 6.28. The van der Waals surface area contributed by atoms with Gasteiger partial charge >= 0.3 is 6.18 Å². The van der Waals surface area contributed by atoms with Crippen molar-refractivity contribution in [3.05, 3.63) is 40.4 Å². The third-order valence-electron chi connectivity index (χ3n) is 4.05. The number of halogens is 3. The average molecular weight is 311 g/mol. The molecule has 1 aromatic carbocycles. The van der Waals surface area contributed by atoms with Crippen molar-refractivity contribution in [2.45, 2.75) is 31.6 Å². The number of likely N-dealkylation sites (tertiary alicyclic amines) is 1. The van der Waals surface area contributed by atoms with Crippen LogP contribution in [-0.2, 0) is 6.54 Å². The van der Waals surface area contributed by atoms with E-state index in [9.17, 15) is 18.0 Å². The molecule has 1 saturated heterocycles. The van der Waals surface area contributed by atoms with Crippen molar-refractivity contribution in [2.75, 3.05) is 13.6 Å². The normalized spacial score (nSPS) is 19.9. The molecule has 3 rings (SSSR count). The van der Waals surface area contributed by atoms with Crippen LogP contribution >= 0.6 is 0 Å². The first-order valence-corrected chi connectivity index (χ1v) is 7.13. The van der Waals surface area contributed by atoms with Crippen molar-refractivity contribution < 1.29 is 13.2 Å². The zero-order valence-corrected chi connectivity index (χ0v) is 12.1. The molecule has 1 atom stereocenters. The van der Waals surface area contributed by atoms with E-state index in [1.54, 1.807) is 18.2 Å². The van der Waals surface area contributed by atoms with Gasteiger partial charge in [-0.15, -0.1) is 0 Å². The minimum absolute atomic E-state index is 0.209. The number of rotatable bonds is 2. The lowest BCUT2D eigenvalue weighted by atomic mass is 10.1. The fourth-order valence-corrected chi connectivity index (χ4v) is 3.01. The molecule has 0 bridgehead atoms. The highest BCUT2D eigenvalue weighted by atomic mass is 19.4. The number of hydrogen-bond donors (Lipinski definition) is 0. The van der Waals surface area contributed by atoms with Crippen LogP contribution in [0.1, 0.15) is 24.7 Å². The molecular weight excluding hydrogens is 295 g/mol. The van der Waals surface area contributed by atoms with Gasteiger partial charge in [-0.2, -0.15) is 13.2 Å². The van der Waals surface area contributed by atoms with Gasteiger partial charge < -0.3 is 0 Å². The van der Waals surface area contributed by atoms with Crippen LogP contribution in [0.25, 0.3) is 10.9 Å². The Morgan fingerprint density at radius 1 is 1.32 bits per heavy atom. The van der Waals surface area contributed by atoms with Gasteiger partial charge in [-0.25, -0.2) is 4.98 Å². The lowest BCUT2D eigenvalue weighted by Gasteiger charge is -2.23. The zero-order valence-electron chi connectivity index (χ0n) is 12.1. The molecule has 0 saturated carbocycles. The van der Waals surface area contributed by atoms with E-state index in [0.29, 0.717) is 11.9 Å². The van der Waals surface area contributed by atoms with E-state index < -0.39 is 18.3 Å². The van der Waals surface area contributed by atoms with Crippen LogP contribution in [0.5, 0.6) is 0 Å². The first kappa shape index (κ1) is 15.0. The highest BCUT2D eigenvalue weighted by molar-refractivity contribution is 5.77. The van der Waals surface area contributed by atoms with Crippen LogP contribution in [0.15, 0.2) is 29.1 Å². The molecule has 1 fully saturated rings. The Morgan fingerprint density at radius 2 is 2.05 bits per heavy atom. The average Bonchev–Trinajstić information content (AvgIpc) is 2.87. The largest absolute Gasteiger partial charge is 0.406 e. The summed E-state index contributed by atoms with van der Waals surface area (Å²) in [7, 11) is 1.84. The Bertz CT molecular complexity index is 754. The highest BCUT2D eigenvalue weighted by Gasteiger charge is 2.34. The molecule has 1 aliphatic heterocycles. The number of hydrogen-bond acceptors (Lipinski definition) is 3.